The number of nitrogens with two attached hydrogens (primary N) is 1. The summed E-state index contributed by atoms with van der Waals surface area (Å²) in [7, 11) is 0. The van der Waals surface area contributed by atoms with E-state index in [0.717, 1.165) is 5.75 Å². The van der Waals surface area contributed by atoms with E-state index in [1.54, 1.807) is 30.1 Å². The van der Waals surface area contributed by atoms with Crippen molar-refractivity contribution in [2.45, 2.75) is 24.9 Å². The van der Waals surface area contributed by atoms with Crippen molar-refractivity contribution in [2.75, 3.05) is 5.73 Å². The minimum Gasteiger partial charge on any atom is -0.397 e. The molecule has 2 heterocycles. The number of rotatable bonds is 4. The zero-order chi connectivity index (χ0) is 12.3. The van der Waals surface area contributed by atoms with Crippen LogP contribution in [-0.4, -0.2) is 20.4 Å². The van der Waals surface area contributed by atoms with Crippen molar-refractivity contribution in [3.8, 4) is 11.6 Å². The van der Waals surface area contributed by atoms with E-state index >= 15 is 0 Å². The molecule has 0 fully saturated rings. The minimum absolute atomic E-state index is 0.377. The highest BCUT2D eigenvalue weighted by Crippen LogP contribution is 2.22. The van der Waals surface area contributed by atoms with E-state index in [1.807, 2.05) is 0 Å². The Morgan fingerprint density at radius 2 is 2.29 bits per heavy atom. The maximum absolute atomic E-state index is 5.79. The van der Waals surface area contributed by atoms with Crippen LogP contribution in [0.3, 0.4) is 0 Å². The second-order valence-electron chi connectivity index (χ2n) is 3.82. The first kappa shape index (κ1) is 11.9. The molecule has 6 heteroatoms. The van der Waals surface area contributed by atoms with Crippen molar-refractivity contribution < 1.29 is 4.52 Å². The van der Waals surface area contributed by atoms with E-state index in [2.05, 4.69) is 29.0 Å². The van der Waals surface area contributed by atoms with Gasteiger partial charge in [0.15, 0.2) is 11.5 Å². The Balaban J connectivity index is 2.16. The number of anilines is 1. The third-order valence-electron chi connectivity index (χ3n) is 2.06. The number of nitrogens with zero attached hydrogens (tertiary/aromatic N) is 3. The predicted octanol–water partition coefficient (Wildman–Crippen LogP) is 2.36. The molecule has 17 heavy (non-hydrogen) atoms. The number of pyridine rings is 1. The fraction of sp³-hybridized carbons (Fsp3) is 0.364. The zero-order valence-corrected chi connectivity index (χ0v) is 10.6. The lowest BCUT2D eigenvalue weighted by atomic mass is 10.3. The summed E-state index contributed by atoms with van der Waals surface area (Å²) < 4.78 is 5.15. The molecule has 0 aromatic carbocycles. The van der Waals surface area contributed by atoms with Crippen LogP contribution in [0.2, 0.25) is 0 Å². The van der Waals surface area contributed by atoms with Crippen molar-refractivity contribution in [1.82, 2.24) is 15.1 Å². The van der Waals surface area contributed by atoms with Crippen LogP contribution in [0.1, 0.15) is 19.7 Å². The summed E-state index contributed by atoms with van der Waals surface area (Å²) in [5, 5.41) is 4.44. The van der Waals surface area contributed by atoms with Crippen LogP contribution in [0.4, 0.5) is 5.69 Å². The number of hydrogen-bond acceptors (Lipinski definition) is 6. The summed E-state index contributed by atoms with van der Waals surface area (Å²) >= 11 is 1.76. The Morgan fingerprint density at radius 1 is 1.47 bits per heavy atom. The first-order valence-electron chi connectivity index (χ1n) is 5.32. The standard InChI is InChI=1S/C11H14N4OS/c1-7(2)17-6-9-14-11(16-15-9)10-8(12)4-3-5-13-10/h3-5,7H,6,12H2,1-2H3. The van der Waals surface area contributed by atoms with Crippen molar-refractivity contribution in [3.63, 3.8) is 0 Å². The van der Waals surface area contributed by atoms with E-state index in [4.69, 9.17) is 10.3 Å². The number of hydrogen-bond donors (Lipinski definition) is 1. The van der Waals surface area contributed by atoms with Gasteiger partial charge in [-0.3, -0.25) is 0 Å². The summed E-state index contributed by atoms with van der Waals surface area (Å²) in [6.07, 6.45) is 1.65. The van der Waals surface area contributed by atoms with Crippen LogP contribution in [0.15, 0.2) is 22.9 Å². The Hall–Kier alpha value is -1.56. The van der Waals surface area contributed by atoms with Gasteiger partial charge in [-0.2, -0.15) is 16.7 Å². The third kappa shape index (κ3) is 2.97. The van der Waals surface area contributed by atoms with Gasteiger partial charge in [-0.1, -0.05) is 19.0 Å². The fourth-order valence-corrected chi connectivity index (χ4v) is 1.85. The van der Waals surface area contributed by atoms with Crippen molar-refractivity contribution in [3.05, 3.63) is 24.2 Å². The van der Waals surface area contributed by atoms with Gasteiger partial charge >= 0.3 is 0 Å². The van der Waals surface area contributed by atoms with Gasteiger partial charge in [0.05, 0.1) is 11.4 Å². The van der Waals surface area contributed by atoms with Gasteiger partial charge in [0, 0.05) is 6.20 Å². The summed E-state index contributed by atoms with van der Waals surface area (Å²) in [6, 6.07) is 3.53. The van der Waals surface area contributed by atoms with Gasteiger partial charge in [0.25, 0.3) is 5.89 Å². The molecule has 2 aromatic rings. The average molecular weight is 250 g/mol. The number of nitrogen functional groups attached to an aromatic ring is 1. The summed E-state index contributed by atoms with van der Waals surface area (Å²) in [5.74, 6) is 1.78. The first-order chi connectivity index (χ1) is 8.16. The molecule has 2 N–H and O–H groups in total. The highest BCUT2D eigenvalue weighted by atomic mass is 32.2. The smallest absolute Gasteiger partial charge is 0.278 e. The van der Waals surface area contributed by atoms with Crippen LogP contribution in [0.25, 0.3) is 11.6 Å². The Morgan fingerprint density at radius 3 is 3.00 bits per heavy atom. The van der Waals surface area contributed by atoms with E-state index in [9.17, 15) is 0 Å². The molecule has 0 aliphatic carbocycles. The first-order valence-corrected chi connectivity index (χ1v) is 6.36. The molecule has 0 spiro atoms. The maximum atomic E-state index is 5.79. The van der Waals surface area contributed by atoms with Gasteiger partial charge in [-0.05, 0) is 17.4 Å². The molecular weight excluding hydrogens is 236 g/mol. The molecule has 0 bridgehead atoms. The van der Waals surface area contributed by atoms with Crippen molar-refractivity contribution >= 4 is 17.4 Å². The largest absolute Gasteiger partial charge is 0.397 e. The lowest BCUT2D eigenvalue weighted by Crippen LogP contribution is -1.93. The highest BCUT2D eigenvalue weighted by molar-refractivity contribution is 7.99. The average Bonchev–Trinajstić information content (AvgIpc) is 2.75. The van der Waals surface area contributed by atoms with Gasteiger partial charge < -0.3 is 10.3 Å². The topological polar surface area (TPSA) is 77.8 Å². The minimum atomic E-state index is 0.377. The second-order valence-corrected chi connectivity index (χ2v) is 5.38. The molecule has 0 radical (unpaired) electrons. The number of aromatic nitrogens is 3. The molecule has 0 unspecified atom stereocenters. The molecule has 0 saturated carbocycles. The van der Waals surface area contributed by atoms with Crippen LogP contribution >= 0.6 is 11.8 Å². The second kappa shape index (κ2) is 5.18. The van der Waals surface area contributed by atoms with Crippen LogP contribution in [0.5, 0.6) is 0 Å². The highest BCUT2D eigenvalue weighted by Gasteiger charge is 2.12. The lowest BCUT2D eigenvalue weighted by molar-refractivity contribution is 0.424. The quantitative estimate of drug-likeness (QED) is 0.897. The van der Waals surface area contributed by atoms with Crippen LogP contribution in [0, 0.1) is 0 Å². The van der Waals surface area contributed by atoms with E-state index in [-0.39, 0.29) is 0 Å². The van der Waals surface area contributed by atoms with Crippen LogP contribution < -0.4 is 5.73 Å². The molecule has 2 rings (SSSR count). The van der Waals surface area contributed by atoms with Crippen molar-refractivity contribution in [2.24, 2.45) is 0 Å². The Labute approximate surface area is 104 Å². The van der Waals surface area contributed by atoms with Crippen molar-refractivity contribution in [1.29, 1.82) is 0 Å². The fourth-order valence-electron chi connectivity index (χ4n) is 1.25. The van der Waals surface area contributed by atoms with Gasteiger partial charge in [0.2, 0.25) is 0 Å². The number of thioether (sulfide) groups is 1. The monoisotopic (exact) mass is 250 g/mol. The van der Waals surface area contributed by atoms with Gasteiger partial charge in [0.1, 0.15) is 0 Å². The molecule has 0 amide bonds. The maximum Gasteiger partial charge on any atom is 0.278 e. The SMILES string of the molecule is CC(C)SCc1noc(-c2ncccc2N)n1. The zero-order valence-electron chi connectivity index (χ0n) is 9.75. The summed E-state index contributed by atoms with van der Waals surface area (Å²) in [4.78, 5) is 8.40. The molecule has 2 aromatic heterocycles. The van der Waals surface area contributed by atoms with Gasteiger partial charge in [-0.25, -0.2) is 4.98 Å². The predicted molar refractivity (Wildman–Crippen MR) is 68.4 cm³/mol. The molecule has 90 valence electrons. The van der Waals surface area contributed by atoms with Crippen LogP contribution in [-0.2, 0) is 5.75 Å². The Kier molecular flexibility index (Phi) is 3.63. The molecule has 0 aliphatic rings. The van der Waals surface area contributed by atoms with E-state index in [0.29, 0.717) is 28.3 Å². The summed E-state index contributed by atoms with van der Waals surface area (Å²) in [6.45, 7) is 4.25. The molecule has 0 aliphatic heterocycles. The lowest BCUT2D eigenvalue weighted by Gasteiger charge is -1.99. The van der Waals surface area contributed by atoms with E-state index < -0.39 is 0 Å². The van der Waals surface area contributed by atoms with Gasteiger partial charge in [-0.15, -0.1) is 0 Å². The molecule has 0 saturated heterocycles. The molecule has 5 nitrogen and oxygen atoms in total. The normalized spacial score (nSPS) is 11.0. The summed E-state index contributed by atoms with van der Waals surface area (Å²) in [5.41, 5.74) is 6.87. The third-order valence-corrected chi connectivity index (χ3v) is 3.15. The molecular formula is C11H14N4OS. The Bertz CT molecular complexity index is 498. The molecule has 0 atom stereocenters. The van der Waals surface area contributed by atoms with E-state index in [1.165, 1.54) is 0 Å².